The average molecular weight is 354 g/mol. The first kappa shape index (κ1) is 16.9. The molecule has 1 N–H and O–H groups in total. The number of amides is 1. The number of benzene rings is 1. The van der Waals surface area contributed by atoms with Crippen molar-refractivity contribution < 1.29 is 4.79 Å². The summed E-state index contributed by atoms with van der Waals surface area (Å²) in [5, 5.41) is 7.69. The largest absolute Gasteiger partial charge is 0.320 e. The Morgan fingerprint density at radius 1 is 1.16 bits per heavy atom. The van der Waals surface area contributed by atoms with Crippen molar-refractivity contribution in [3.05, 3.63) is 70.8 Å². The van der Waals surface area contributed by atoms with E-state index in [4.69, 9.17) is 11.6 Å². The zero-order valence-electron chi connectivity index (χ0n) is 13.8. The van der Waals surface area contributed by atoms with E-state index in [0.29, 0.717) is 16.7 Å². The highest BCUT2D eigenvalue weighted by Gasteiger charge is 2.07. The predicted molar refractivity (Wildman–Crippen MR) is 97.7 cm³/mol. The third-order valence-electron chi connectivity index (χ3n) is 3.40. The Hall–Kier alpha value is -2.99. The zero-order valence-corrected chi connectivity index (χ0v) is 14.5. The molecule has 3 aromatic rings. The maximum atomic E-state index is 12.0. The molecule has 0 bridgehead atoms. The molecule has 1 amide bonds. The lowest BCUT2D eigenvalue weighted by molar-refractivity contribution is -0.111. The summed E-state index contributed by atoms with van der Waals surface area (Å²) < 4.78 is 1.65. The number of hydrogen-bond donors (Lipinski definition) is 1. The highest BCUT2D eigenvalue weighted by Crippen LogP contribution is 2.12. The minimum atomic E-state index is -0.266. The van der Waals surface area contributed by atoms with Gasteiger partial charge in [0.05, 0.1) is 23.8 Å². The van der Waals surface area contributed by atoms with Crippen molar-refractivity contribution in [1.82, 2.24) is 19.7 Å². The van der Waals surface area contributed by atoms with Gasteiger partial charge in [0, 0.05) is 16.8 Å². The van der Waals surface area contributed by atoms with Crippen LogP contribution in [0, 0.1) is 13.8 Å². The lowest BCUT2D eigenvalue weighted by Gasteiger charge is -2.04. The first-order valence-electron chi connectivity index (χ1n) is 7.61. The fourth-order valence-corrected chi connectivity index (χ4v) is 2.38. The van der Waals surface area contributed by atoms with Crippen LogP contribution >= 0.6 is 11.6 Å². The van der Waals surface area contributed by atoms with Gasteiger partial charge >= 0.3 is 0 Å². The first-order chi connectivity index (χ1) is 12.0. The summed E-state index contributed by atoms with van der Waals surface area (Å²) in [6.07, 6.45) is 6.24. The second-order valence-corrected chi connectivity index (χ2v) is 5.92. The average Bonchev–Trinajstić information content (AvgIpc) is 2.93. The maximum absolute atomic E-state index is 12.0. The summed E-state index contributed by atoms with van der Waals surface area (Å²) in [5.41, 5.74) is 3.23. The second kappa shape index (κ2) is 7.27. The molecule has 3 rings (SSSR count). The van der Waals surface area contributed by atoms with Crippen LogP contribution in [0.5, 0.6) is 0 Å². The van der Waals surface area contributed by atoms with Crippen LogP contribution in [-0.4, -0.2) is 25.7 Å². The monoisotopic (exact) mass is 353 g/mol. The number of halogens is 1. The molecule has 0 spiro atoms. The van der Waals surface area contributed by atoms with Crippen LogP contribution in [0.25, 0.3) is 12.0 Å². The van der Waals surface area contributed by atoms with Crippen molar-refractivity contribution in [2.24, 2.45) is 0 Å². The quantitative estimate of drug-likeness (QED) is 0.727. The normalized spacial score (nSPS) is 11.0. The zero-order chi connectivity index (χ0) is 17.8. The number of carbonyl (C=O) groups is 1. The highest BCUT2D eigenvalue weighted by atomic mass is 35.5. The van der Waals surface area contributed by atoms with Crippen LogP contribution in [-0.2, 0) is 4.79 Å². The van der Waals surface area contributed by atoms with E-state index in [1.165, 1.54) is 6.08 Å². The summed E-state index contributed by atoms with van der Waals surface area (Å²) in [5.74, 6) is 0.192. The molecule has 0 atom stereocenters. The number of aromatic nitrogens is 4. The Labute approximate surface area is 150 Å². The Kier molecular flexibility index (Phi) is 4.90. The maximum Gasteiger partial charge on any atom is 0.250 e. The minimum Gasteiger partial charge on any atom is -0.320 e. The number of nitrogens with one attached hydrogen (secondary N) is 1. The molecule has 0 saturated carbocycles. The SMILES string of the molecule is Cc1cc(C)n(-c2ncc(NC(=O)/C=C/c3ccc(Cl)cc3)cn2)n1. The molecule has 0 aliphatic carbocycles. The van der Waals surface area contributed by atoms with E-state index in [1.54, 1.807) is 35.3 Å². The Balaban J connectivity index is 1.65. The van der Waals surface area contributed by atoms with Crippen LogP contribution in [0.1, 0.15) is 17.0 Å². The minimum absolute atomic E-state index is 0.266. The Morgan fingerprint density at radius 2 is 1.84 bits per heavy atom. The molecule has 0 unspecified atom stereocenters. The van der Waals surface area contributed by atoms with E-state index >= 15 is 0 Å². The fraction of sp³-hybridized carbons (Fsp3) is 0.111. The highest BCUT2D eigenvalue weighted by molar-refractivity contribution is 6.30. The van der Waals surface area contributed by atoms with Gasteiger partial charge in [0.2, 0.25) is 5.91 Å². The molecule has 2 heterocycles. The summed E-state index contributed by atoms with van der Waals surface area (Å²) >= 11 is 5.83. The van der Waals surface area contributed by atoms with Gasteiger partial charge in [-0.15, -0.1) is 0 Å². The summed E-state index contributed by atoms with van der Waals surface area (Å²) in [4.78, 5) is 20.4. The number of aryl methyl sites for hydroxylation is 2. The van der Waals surface area contributed by atoms with Gasteiger partial charge in [-0.25, -0.2) is 14.6 Å². The van der Waals surface area contributed by atoms with Gasteiger partial charge in [0.25, 0.3) is 5.95 Å². The Morgan fingerprint density at radius 3 is 2.44 bits per heavy atom. The van der Waals surface area contributed by atoms with E-state index in [0.717, 1.165) is 17.0 Å². The molecule has 7 heteroatoms. The molecule has 0 aliphatic rings. The van der Waals surface area contributed by atoms with Gasteiger partial charge in [0.1, 0.15) is 0 Å². The van der Waals surface area contributed by atoms with Gasteiger partial charge in [-0.1, -0.05) is 23.7 Å². The third-order valence-corrected chi connectivity index (χ3v) is 3.65. The van der Waals surface area contributed by atoms with E-state index in [9.17, 15) is 4.79 Å². The topological polar surface area (TPSA) is 72.7 Å². The van der Waals surface area contributed by atoms with E-state index < -0.39 is 0 Å². The molecule has 0 fully saturated rings. The second-order valence-electron chi connectivity index (χ2n) is 5.48. The number of carbonyl (C=O) groups excluding carboxylic acids is 1. The smallest absolute Gasteiger partial charge is 0.250 e. The molecular formula is C18H16ClN5O. The van der Waals surface area contributed by atoms with E-state index in [2.05, 4.69) is 20.4 Å². The molecule has 6 nitrogen and oxygen atoms in total. The van der Waals surface area contributed by atoms with Gasteiger partial charge in [0.15, 0.2) is 0 Å². The van der Waals surface area contributed by atoms with Gasteiger partial charge in [-0.2, -0.15) is 5.10 Å². The third kappa shape index (κ3) is 4.30. The predicted octanol–water partition coefficient (Wildman–Crippen LogP) is 3.58. The van der Waals surface area contributed by atoms with Crippen LogP contribution in [0.3, 0.4) is 0 Å². The molecule has 126 valence electrons. The number of anilines is 1. The molecule has 1 aromatic carbocycles. The lowest BCUT2D eigenvalue weighted by Crippen LogP contribution is -2.10. The van der Waals surface area contributed by atoms with Crippen molar-refractivity contribution in [1.29, 1.82) is 0 Å². The number of rotatable bonds is 4. The standard InChI is InChI=1S/C18H16ClN5O/c1-12-9-13(2)24(23-12)18-20-10-16(11-21-18)22-17(25)8-5-14-3-6-15(19)7-4-14/h3-11H,1-2H3,(H,22,25)/b8-5+. The van der Waals surface area contributed by atoms with Gasteiger partial charge in [-0.3, -0.25) is 4.79 Å². The van der Waals surface area contributed by atoms with Crippen molar-refractivity contribution in [3.63, 3.8) is 0 Å². The van der Waals surface area contributed by atoms with E-state index in [-0.39, 0.29) is 5.91 Å². The van der Waals surface area contributed by atoms with Crippen molar-refractivity contribution in [2.45, 2.75) is 13.8 Å². The first-order valence-corrected chi connectivity index (χ1v) is 7.99. The lowest BCUT2D eigenvalue weighted by atomic mass is 10.2. The molecule has 2 aromatic heterocycles. The summed E-state index contributed by atoms with van der Waals surface area (Å²) in [7, 11) is 0. The molecule has 0 radical (unpaired) electrons. The number of nitrogens with zero attached hydrogens (tertiary/aromatic N) is 4. The van der Waals surface area contributed by atoms with Crippen LogP contribution in [0.2, 0.25) is 5.02 Å². The molecule has 0 aliphatic heterocycles. The van der Waals surface area contributed by atoms with Crippen molar-refractivity contribution >= 4 is 29.3 Å². The van der Waals surface area contributed by atoms with Gasteiger partial charge in [-0.05, 0) is 43.7 Å². The number of hydrogen-bond acceptors (Lipinski definition) is 4. The summed E-state index contributed by atoms with van der Waals surface area (Å²) in [6, 6.07) is 9.15. The van der Waals surface area contributed by atoms with E-state index in [1.807, 2.05) is 32.0 Å². The van der Waals surface area contributed by atoms with Gasteiger partial charge < -0.3 is 5.32 Å². The van der Waals surface area contributed by atoms with Crippen LogP contribution in [0.4, 0.5) is 5.69 Å². The molecule has 25 heavy (non-hydrogen) atoms. The Bertz CT molecular complexity index is 914. The molecular weight excluding hydrogens is 338 g/mol. The summed E-state index contributed by atoms with van der Waals surface area (Å²) in [6.45, 7) is 3.84. The fourth-order valence-electron chi connectivity index (χ4n) is 2.26. The van der Waals surface area contributed by atoms with Crippen LogP contribution < -0.4 is 5.32 Å². The van der Waals surface area contributed by atoms with Crippen LogP contribution in [0.15, 0.2) is 48.8 Å². The van der Waals surface area contributed by atoms with Crippen molar-refractivity contribution in [2.75, 3.05) is 5.32 Å². The van der Waals surface area contributed by atoms with Crippen molar-refractivity contribution in [3.8, 4) is 5.95 Å². The molecule has 0 saturated heterocycles.